The lowest BCUT2D eigenvalue weighted by Crippen LogP contribution is -2.35. The number of benzene rings is 2. The van der Waals surface area contributed by atoms with Crippen LogP contribution in [0, 0.1) is 5.92 Å². The topological polar surface area (TPSA) is 41.1 Å². The van der Waals surface area contributed by atoms with Gasteiger partial charge in [-0.3, -0.25) is 4.79 Å². The van der Waals surface area contributed by atoms with Crippen LogP contribution >= 0.6 is 15.9 Å². The number of hydrogen-bond acceptors (Lipinski definition) is 2. The molecule has 2 aromatic carbocycles. The highest BCUT2D eigenvalue weighted by atomic mass is 79.9. The van der Waals surface area contributed by atoms with Gasteiger partial charge in [0.15, 0.2) is 0 Å². The van der Waals surface area contributed by atoms with E-state index in [0.29, 0.717) is 5.92 Å². The van der Waals surface area contributed by atoms with Crippen molar-refractivity contribution in [2.45, 2.75) is 12.8 Å². The van der Waals surface area contributed by atoms with Crippen molar-refractivity contribution >= 4 is 32.6 Å². The summed E-state index contributed by atoms with van der Waals surface area (Å²) in [5.41, 5.74) is 0.735. The zero-order chi connectivity index (χ0) is 14.7. The number of nitrogens with one attached hydrogen (secondary N) is 2. The largest absolute Gasteiger partial charge is 0.352 e. The minimum Gasteiger partial charge on any atom is -0.352 e. The number of rotatable bonds is 3. The fraction of sp³-hybridized carbons (Fsp3) is 0.353. The molecule has 0 bridgehead atoms. The molecule has 0 atom stereocenters. The summed E-state index contributed by atoms with van der Waals surface area (Å²) >= 11 is 3.46. The van der Waals surface area contributed by atoms with E-state index in [4.69, 9.17) is 0 Å². The van der Waals surface area contributed by atoms with Crippen molar-refractivity contribution in [1.82, 2.24) is 10.6 Å². The van der Waals surface area contributed by atoms with Gasteiger partial charge in [-0.2, -0.15) is 0 Å². The first-order valence-corrected chi connectivity index (χ1v) is 8.20. The number of piperidine rings is 1. The molecule has 0 radical (unpaired) electrons. The van der Waals surface area contributed by atoms with Crippen molar-refractivity contribution in [3.8, 4) is 0 Å². The van der Waals surface area contributed by atoms with Crippen LogP contribution < -0.4 is 10.6 Å². The van der Waals surface area contributed by atoms with Crippen LogP contribution in [0.2, 0.25) is 0 Å². The average Bonchev–Trinajstić information content (AvgIpc) is 2.53. The Morgan fingerprint density at radius 3 is 2.67 bits per heavy atom. The van der Waals surface area contributed by atoms with Crippen LogP contribution in [0.5, 0.6) is 0 Å². The van der Waals surface area contributed by atoms with Gasteiger partial charge in [0.2, 0.25) is 0 Å². The van der Waals surface area contributed by atoms with Crippen molar-refractivity contribution in [2.24, 2.45) is 5.92 Å². The van der Waals surface area contributed by atoms with E-state index in [1.165, 1.54) is 0 Å². The van der Waals surface area contributed by atoms with Gasteiger partial charge in [-0.05, 0) is 66.9 Å². The number of hydrogen-bond donors (Lipinski definition) is 2. The van der Waals surface area contributed by atoms with Gasteiger partial charge in [-0.15, -0.1) is 0 Å². The van der Waals surface area contributed by atoms with Crippen LogP contribution in [0.1, 0.15) is 23.2 Å². The van der Waals surface area contributed by atoms with E-state index in [0.717, 1.165) is 53.3 Å². The van der Waals surface area contributed by atoms with Gasteiger partial charge < -0.3 is 10.6 Å². The van der Waals surface area contributed by atoms with Gasteiger partial charge in [-0.1, -0.05) is 28.1 Å². The highest BCUT2D eigenvalue weighted by Gasteiger charge is 2.14. The highest BCUT2D eigenvalue weighted by Crippen LogP contribution is 2.21. The number of carbonyl (C=O) groups is 1. The van der Waals surface area contributed by atoms with Crippen LogP contribution in [0.4, 0.5) is 0 Å². The Hall–Kier alpha value is -1.39. The van der Waals surface area contributed by atoms with E-state index >= 15 is 0 Å². The third-order valence-corrected chi connectivity index (χ3v) is 4.57. The summed E-state index contributed by atoms with van der Waals surface area (Å²) in [6, 6.07) is 11.9. The summed E-state index contributed by atoms with van der Waals surface area (Å²) in [5, 5.41) is 8.64. The second-order valence-corrected chi connectivity index (χ2v) is 6.53. The average molecular weight is 347 g/mol. The van der Waals surface area contributed by atoms with Gasteiger partial charge in [0, 0.05) is 16.6 Å². The first-order chi connectivity index (χ1) is 10.2. The summed E-state index contributed by atoms with van der Waals surface area (Å²) in [5.74, 6) is 0.630. The van der Waals surface area contributed by atoms with E-state index in [1.54, 1.807) is 0 Å². The Bertz CT molecular complexity index is 650. The molecule has 0 unspecified atom stereocenters. The third-order valence-electron chi connectivity index (χ3n) is 4.07. The molecule has 0 aromatic heterocycles. The molecule has 3 rings (SSSR count). The maximum Gasteiger partial charge on any atom is 0.251 e. The Morgan fingerprint density at radius 1 is 1.14 bits per heavy atom. The molecule has 1 aliphatic heterocycles. The van der Waals surface area contributed by atoms with Crippen LogP contribution in [0.15, 0.2) is 40.9 Å². The van der Waals surface area contributed by atoms with E-state index in [2.05, 4.69) is 32.6 Å². The van der Waals surface area contributed by atoms with Crippen molar-refractivity contribution in [2.75, 3.05) is 19.6 Å². The summed E-state index contributed by atoms with van der Waals surface area (Å²) in [6.45, 7) is 2.90. The first kappa shape index (κ1) is 14.5. The number of amides is 1. The maximum absolute atomic E-state index is 12.3. The van der Waals surface area contributed by atoms with Gasteiger partial charge in [0.1, 0.15) is 0 Å². The van der Waals surface area contributed by atoms with Gasteiger partial charge in [0.05, 0.1) is 0 Å². The van der Waals surface area contributed by atoms with E-state index in [9.17, 15) is 4.79 Å². The Morgan fingerprint density at radius 2 is 1.86 bits per heavy atom. The van der Waals surface area contributed by atoms with Gasteiger partial charge in [0.25, 0.3) is 5.91 Å². The van der Waals surface area contributed by atoms with Crippen molar-refractivity contribution in [3.63, 3.8) is 0 Å². The number of halogens is 1. The number of carbonyl (C=O) groups excluding carboxylic acids is 1. The fourth-order valence-electron chi connectivity index (χ4n) is 2.78. The zero-order valence-electron chi connectivity index (χ0n) is 11.9. The molecule has 1 heterocycles. The fourth-order valence-corrected chi connectivity index (χ4v) is 3.16. The van der Waals surface area contributed by atoms with Crippen molar-refractivity contribution < 1.29 is 4.79 Å². The van der Waals surface area contributed by atoms with E-state index in [-0.39, 0.29) is 5.91 Å². The third kappa shape index (κ3) is 3.63. The SMILES string of the molecule is O=C(NCC1CCNCC1)c1ccc2cc(Br)ccc2c1. The molecule has 110 valence electrons. The highest BCUT2D eigenvalue weighted by molar-refractivity contribution is 9.10. The second kappa shape index (κ2) is 6.58. The minimum atomic E-state index is 0.0263. The molecule has 1 amide bonds. The monoisotopic (exact) mass is 346 g/mol. The van der Waals surface area contributed by atoms with Crippen LogP contribution in [0.25, 0.3) is 10.8 Å². The first-order valence-electron chi connectivity index (χ1n) is 7.40. The number of fused-ring (bicyclic) bond motifs is 1. The molecule has 4 heteroatoms. The smallest absolute Gasteiger partial charge is 0.251 e. The normalized spacial score (nSPS) is 16.0. The van der Waals surface area contributed by atoms with Crippen molar-refractivity contribution in [3.05, 3.63) is 46.4 Å². The minimum absolute atomic E-state index is 0.0263. The summed E-state index contributed by atoms with van der Waals surface area (Å²) in [6.07, 6.45) is 2.29. The molecule has 1 saturated heterocycles. The lowest BCUT2D eigenvalue weighted by atomic mass is 9.98. The van der Waals surface area contributed by atoms with Gasteiger partial charge in [-0.25, -0.2) is 0 Å². The lowest BCUT2D eigenvalue weighted by Gasteiger charge is -2.22. The standard InChI is InChI=1S/C17H19BrN2O/c18-16-4-3-13-9-15(2-1-14(13)10-16)17(21)20-11-12-5-7-19-8-6-12/h1-4,9-10,12,19H,5-8,11H2,(H,20,21). The Balaban J connectivity index is 1.67. The summed E-state index contributed by atoms with van der Waals surface area (Å²) in [7, 11) is 0. The molecule has 21 heavy (non-hydrogen) atoms. The maximum atomic E-state index is 12.3. The Kier molecular flexibility index (Phi) is 4.56. The molecule has 2 N–H and O–H groups in total. The van der Waals surface area contributed by atoms with Gasteiger partial charge >= 0.3 is 0 Å². The summed E-state index contributed by atoms with van der Waals surface area (Å²) < 4.78 is 1.05. The van der Waals surface area contributed by atoms with Crippen LogP contribution in [0.3, 0.4) is 0 Å². The van der Waals surface area contributed by atoms with Crippen LogP contribution in [-0.4, -0.2) is 25.5 Å². The molecular weight excluding hydrogens is 328 g/mol. The van der Waals surface area contributed by atoms with E-state index < -0.39 is 0 Å². The predicted octanol–water partition coefficient (Wildman–Crippen LogP) is 3.33. The second-order valence-electron chi connectivity index (χ2n) is 5.61. The molecule has 2 aromatic rings. The quantitative estimate of drug-likeness (QED) is 0.894. The molecule has 1 fully saturated rings. The van der Waals surface area contributed by atoms with Crippen LogP contribution in [-0.2, 0) is 0 Å². The molecule has 1 aliphatic rings. The molecule has 0 aliphatic carbocycles. The molecule has 3 nitrogen and oxygen atoms in total. The molecule has 0 spiro atoms. The van der Waals surface area contributed by atoms with E-state index in [1.807, 2.05) is 30.3 Å². The molecular formula is C17H19BrN2O. The molecule has 0 saturated carbocycles. The lowest BCUT2D eigenvalue weighted by molar-refractivity contribution is 0.0944. The predicted molar refractivity (Wildman–Crippen MR) is 89.6 cm³/mol. The summed E-state index contributed by atoms with van der Waals surface area (Å²) in [4.78, 5) is 12.3. The Labute approximate surface area is 133 Å². The van der Waals surface area contributed by atoms with Crippen molar-refractivity contribution in [1.29, 1.82) is 0 Å². The zero-order valence-corrected chi connectivity index (χ0v) is 13.4.